The smallest absolute Gasteiger partial charge is 0.405 e. The summed E-state index contributed by atoms with van der Waals surface area (Å²) < 4.78 is 42.0. The van der Waals surface area contributed by atoms with Crippen LogP contribution in [0.5, 0.6) is 5.75 Å². The van der Waals surface area contributed by atoms with E-state index >= 15 is 0 Å². The van der Waals surface area contributed by atoms with Gasteiger partial charge in [-0.05, 0) is 18.7 Å². The highest BCUT2D eigenvalue weighted by Gasteiger charge is 2.33. The van der Waals surface area contributed by atoms with Gasteiger partial charge in [-0.2, -0.15) is 0 Å². The van der Waals surface area contributed by atoms with Crippen LogP contribution in [0.1, 0.15) is 17.2 Å². The van der Waals surface area contributed by atoms with Crippen molar-refractivity contribution >= 4 is 5.91 Å². The Morgan fingerprint density at radius 1 is 1.00 bits per heavy atom. The third kappa shape index (κ3) is 5.23. The fourth-order valence-electron chi connectivity index (χ4n) is 2.68. The second-order valence-corrected chi connectivity index (χ2v) is 6.12. The molecule has 0 saturated heterocycles. The van der Waals surface area contributed by atoms with Crippen LogP contribution in [0.4, 0.5) is 13.2 Å². The topological polar surface area (TPSA) is 32.8 Å². The second-order valence-electron chi connectivity index (χ2n) is 6.12. The molecule has 1 unspecified atom stereocenters. The van der Waals surface area contributed by atoms with Crippen LogP contribution in [-0.2, 0) is 11.3 Å². The Labute approximate surface area is 150 Å². The van der Waals surface area contributed by atoms with E-state index in [1.807, 2.05) is 30.3 Å². The first-order valence-electron chi connectivity index (χ1n) is 7.99. The van der Waals surface area contributed by atoms with Crippen molar-refractivity contribution in [2.45, 2.75) is 18.9 Å². The third-order valence-electron chi connectivity index (χ3n) is 3.85. The minimum atomic E-state index is -4.77. The maximum absolute atomic E-state index is 12.7. The lowest BCUT2D eigenvalue weighted by Gasteiger charge is -2.30. The van der Waals surface area contributed by atoms with Gasteiger partial charge in [0.1, 0.15) is 11.8 Å². The molecule has 0 aliphatic carbocycles. The first-order valence-corrected chi connectivity index (χ1v) is 7.99. The van der Waals surface area contributed by atoms with Gasteiger partial charge < -0.3 is 9.64 Å². The van der Waals surface area contributed by atoms with Crippen molar-refractivity contribution in [1.82, 2.24) is 9.80 Å². The second kappa shape index (κ2) is 8.23. The summed E-state index contributed by atoms with van der Waals surface area (Å²) >= 11 is 0. The van der Waals surface area contributed by atoms with Gasteiger partial charge in [0.15, 0.2) is 0 Å². The van der Waals surface area contributed by atoms with Gasteiger partial charge in [0.2, 0.25) is 5.91 Å². The van der Waals surface area contributed by atoms with Crippen molar-refractivity contribution in [1.29, 1.82) is 0 Å². The minimum absolute atomic E-state index is 0.116. The van der Waals surface area contributed by atoms with Gasteiger partial charge >= 0.3 is 6.36 Å². The Balaban J connectivity index is 2.31. The van der Waals surface area contributed by atoms with Crippen LogP contribution in [0.15, 0.2) is 54.6 Å². The fraction of sp³-hybridized carbons (Fsp3) is 0.316. The van der Waals surface area contributed by atoms with Crippen LogP contribution in [0.25, 0.3) is 0 Å². The molecule has 1 atom stereocenters. The quantitative estimate of drug-likeness (QED) is 0.779. The highest BCUT2D eigenvalue weighted by Crippen LogP contribution is 2.29. The first-order chi connectivity index (χ1) is 12.2. The maximum atomic E-state index is 12.7. The molecular formula is C19H21F3N2O2. The summed E-state index contributed by atoms with van der Waals surface area (Å²) in [7, 11) is 4.99. The molecule has 26 heavy (non-hydrogen) atoms. The number of benzene rings is 2. The molecule has 0 aliphatic heterocycles. The van der Waals surface area contributed by atoms with Gasteiger partial charge in [0.05, 0.1) is 0 Å². The van der Waals surface area contributed by atoms with Crippen LogP contribution in [0.3, 0.4) is 0 Å². The lowest BCUT2D eigenvalue weighted by atomic mass is 10.0. The average Bonchev–Trinajstić information content (AvgIpc) is 2.56. The molecule has 0 bridgehead atoms. The molecule has 2 rings (SSSR count). The monoisotopic (exact) mass is 366 g/mol. The van der Waals surface area contributed by atoms with Crippen LogP contribution < -0.4 is 4.74 Å². The largest absolute Gasteiger partial charge is 0.573 e. The number of ether oxygens (including phenoxy) is 1. The van der Waals surface area contributed by atoms with Gasteiger partial charge in [-0.3, -0.25) is 9.69 Å². The number of para-hydroxylation sites is 1. The number of halogens is 3. The van der Waals surface area contributed by atoms with Crippen LogP contribution >= 0.6 is 0 Å². The van der Waals surface area contributed by atoms with E-state index < -0.39 is 12.4 Å². The number of likely N-dealkylation sites (N-methyl/N-ethyl adjacent to an activating group) is 2. The summed E-state index contributed by atoms with van der Waals surface area (Å²) in [5.41, 5.74) is 1.11. The summed E-state index contributed by atoms with van der Waals surface area (Å²) in [4.78, 5) is 15.8. The Morgan fingerprint density at radius 3 is 2.15 bits per heavy atom. The zero-order valence-electron chi connectivity index (χ0n) is 14.8. The van der Waals surface area contributed by atoms with Gasteiger partial charge in [-0.15, -0.1) is 13.2 Å². The van der Waals surface area contributed by atoms with E-state index in [2.05, 4.69) is 4.74 Å². The number of amides is 1. The van der Waals surface area contributed by atoms with E-state index in [9.17, 15) is 18.0 Å². The van der Waals surface area contributed by atoms with E-state index in [0.717, 1.165) is 5.56 Å². The number of nitrogens with zero attached hydrogens (tertiary/aromatic N) is 2. The Bertz CT molecular complexity index is 733. The zero-order valence-corrected chi connectivity index (χ0v) is 14.8. The Hall–Kier alpha value is -2.54. The molecule has 0 saturated carbocycles. The highest BCUT2D eigenvalue weighted by molar-refractivity contribution is 5.82. The predicted octanol–water partition coefficient (Wildman–Crippen LogP) is 3.85. The zero-order chi connectivity index (χ0) is 19.3. The normalized spacial score (nSPS) is 12.7. The molecule has 1 amide bonds. The number of alkyl halides is 3. The maximum Gasteiger partial charge on any atom is 0.573 e. The molecule has 0 N–H and O–H groups in total. The molecule has 0 radical (unpaired) electrons. The van der Waals surface area contributed by atoms with E-state index in [-0.39, 0.29) is 18.2 Å². The molecule has 0 aliphatic rings. The SMILES string of the molecule is CN(C)C(=O)C(c1ccccc1)N(C)Cc1ccccc1OC(F)(F)F. The summed E-state index contributed by atoms with van der Waals surface area (Å²) in [6, 6.07) is 14.4. The first kappa shape index (κ1) is 19.8. The van der Waals surface area contributed by atoms with Crippen molar-refractivity contribution in [3.63, 3.8) is 0 Å². The van der Waals surface area contributed by atoms with Crippen molar-refractivity contribution in [3.05, 3.63) is 65.7 Å². The van der Waals surface area contributed by atoms with Gasteiger partial charge in [0, 0.05) is 26.2 Å². The lowest BCUT2D eigenvalue weighted by Crippen LogP contribution is -2.38. The standard InChI is InChI=1S/C19H21F3N2O2/c1-23(2)18(25)17(14-9-5-4-6-10-14)24(3)13-15-11-7-8-12-16(15)26-19(20,21)22/h4-12,17H,13H2,1-3H3. The summed E-state index contributed by atoms with van der Waals surface area (Å²) in [5, 5.41) is 0. The molecule has 140 valence electrons. The molecule has 2 aromatic rings. The highest BCUT2D eigenvalue weighted by atomic mass is 19.4. The minimum Gasteiger partial charge on any atom is -0.405 e. The summed E-state index contributed by atoms with van der Waals surface area (Å²) in [6.07, 6.45) is -4.77. The van der Waals surface area contributed by atoms with E-state index in [0.29, 0.717) is 5.56 Å². The number of rotatable bonds is 6. The Morgan fingerprint density at radius 2 is 1.58 bits per heavy atom. The van der Waals surface area contributed by atoms with Crippen LogP contribution in [0, 0.1) is 0 Å². The average molecular weight is 366 g/mol. The lowest BCUT2D eigenvalue weighted by molar-refractivity contribution is -0.275. The summed E-state index contributed by atoms with van der Waals surface area (Å²) in [5.74, 6) is -0.427. The molecule has 0 spiro atoms. The number of hydrogen-bond acceptors (Lipinski definition) is 3. The van der Waals surface area contributed by atoms with Crippen molar-refractivity contribution < 1.29 is 22.7 Å². The number of hydrogen-bond donors (Lipinski definition) is 0. The molecular weight excluding hydrogens is 345 g/mol. The third-order valence-corrected chi connectivity index (χ3v) is 3.85. The molecule has 0 aromatic heterocycles. The molecule has 0 heterocycles. The molecule has 0 fully saturated rings. The number of carbonyl (C=O) groups excluding carboxylic acids is 1. The van der Waals surface area contributed by atoms with E-state index in [1.54, 1.807) is 38.2 Å². The number of carbonyl (C=O) groups is 1. The van der Waals surface area contributed by atoms with Gasteiger partial charge in [-0.1, -0.05) is 48.5 Å². The van der Waals surface area contributed by atoms with Crippen LogP contribution in [0.2, 0.25) is 0 Å². The van der Waals surface area contributed by atoms with Gasteiger partial charge in [-0.25, -0.2) is 0 Å². The van der Waals surface area contributed by atoms with Crippen molar-refractivity contribution in [2.75, 3.05) is 21.1 Å². The van der Waals surface area contributed by atoms with E-state index in [4.69, 9.17) is 0 Å². The Kier molecular flexibility index (Phi) is 6.26. The van der Waals surface area contributed by atoms with Crippen molar-refractivity contribution in [3.8, 4) is 5.75 Å². The van der Waals surface area contributed by atoms with Crippen LogP contribution in [-0.4, -0.2) is 43.2 Å². The predicted molar refractivity (Wildman–Crippen MR) is 92.5 cm³/mol. The summed E-state index contributed by atoms with van der Waals surface area (Å²) in [6.45, 7) is 0.116. The molecule has 4 nitrogen and oxygen atoms in total. The van der Waals surface area contributed by atoms with Gasteiger partial charge in [0.25, 0.3) is 0 Å². The van der Waals surface area contributed by atoms with E-state index in [1.165, 1.54) is 17.0 Å². The molecule has 7 heteroatoms. The fourth-order valence-corrected chi connectivity index (χ4v) is 2.68. The molecule has 2 aromatic carbocycles. The van der Waals surface area contributed by atoms with Crippen molar-refractivity contribution in [2.24, 2.45) is 0 Å².